The zero-order valence-corrected chi connectivity index (χ0v) is 8.12. The Morgan fingerprint density at radius 1 is 1.46 bits per heavy atom. The van der Waals surface area contributed by atoms with Gasteiger partial charge in [-0.15, -0.1) is 0 Å². The molecule has 1 aromatic heterocycles. The van der Waals surface area contributed by atoms with Crippen LogP contribution in [-0.2, 0) is 7.05 Å². The van der Waals surface area contributed by atoms with E-state index in [1.54, 1.807) is 0 Å². The van der Waals surface area contributed by atoms with Gasteiger partial charge < -0.3 is 0 Å². The van der Waals surface area contributed by atoms with Crippen LogP contribution in [0.4, 0.5) is 0 Å². The molecule has 68 valence electrons. The molecule has 1 heterocycles. The molecule has 0 bridgehead atoms. The lowest BCUT2D eigenvalue weighted by Gasteiger charge is -2.08. The quantitative estimate of drug-likeness (QED) is 0.639. The van der Waals surface area contributed by atoms with E-state index < -0.39 is 0 Å². The van der Waals surface area contributed by atoms with Crippen LogP contribution in [0.3, 0.4) is 0 Å². The number of aromatic nitrogens is 2. The van der Waals surface area contributed by atoms with Crippen molar-refractivity contribution in [2.75, 3.05) is 0 Å². The van der Waals surface area contributed by atoms with Gasteiger partial charge in [-0.05, 0) is 25.3 Å². The summed E-state index contributed by atoms with van der Waals surface area (Å²) in [6.45, 7) is 2.18. The molecule has 2 rings (SSSR count). The summed E-state index contributed by atoms with van der Waals surface area (Å²) in [6, 6.07) is 0. The molecular weight excluding hydrogens is 160 g/mol. The van der Waals surface area contributed by atoms with Gasteiger partial charge in [0.25, 0.3) is 0 Å². The number of hydrogen-bond donors (Lipinski definition) is 0. The molecule has 0 amide bonds. The Morgan fingerprint density at radius 2 is 2.31 bits per heavy atom. The molecule has 0 unspecified atom stereocenters. The van der Waals surface area contributed by atoms with E-state index in [-0.39, 0.29) is 0 Å². The fraction of sp³-hybridized carbons (Fsp3) is 0.364. The molecule has 0 saturated heterocycles. The lowest BCUT2D eigenvalue weighted by atomic mass is 9.97. The van der Waals surface area contributed by atoms with E-state index in [4.69, 9.17) is 0 Å². The van der Waals surface area contributed by atoms with Gasteiger partial charge in [0.2, 0.25) is 0 Å². The summed E-state index contributed by atoms with van der Waals surface area (Å²) in [7, 11) is 1.95. The summed E-state index contributed by atoms with van der Waals surface area (Å²) >= 11 is 0. The number of aryl methyl sites for hydroxylation is 1. The molecule has 0 saturated carbocycles. The number of allylic oxidation sites excluding steroid dienone is 4. The van der Waals surface area contributed by atoms with Crippen molar-refractivity contribution in [2.45, 2.75) is 19.8 Å². The first-order chi connectivity index (χ1) is 6.25. The van der Waals surface area contributed by atoms with Crippen LogP contribution in [0.1, 0.15) is 25.3 Å². The van der Waals surface area contributed by atoms with E-state index in [0.717, 1.165) is 6.42 Å². The van der Waals surface area contributed by atoms with Gasteiger partial charge >= 0.3 is 0 Å². The summed E-state index contributed by atoms with van der Waals surface area (Å²) in [6.07, 6.45) is 10.9. The molecule has 0 fully saturated rings. The first-order valence-corrected chi connectivity index (χ1v) is 4.62. The Labute approximate surface area is 78.6 Å². The van der Waals surface area contributed by atoms with Crippen molar-refractivity contribution >= 4 is 5.57 Å². The lowest BCUT2D eigenvalue weighted by Crippen LogP contribution is -1.88. The Hall–Kier alpha value is -1.31. The van der Waals surface area contributed by atoms with Crippen molar-refractivity contribution in [2.24, 2.45) is 7.05 Å². The largest absolute Gasteiger partial charge is 0.275 e. The Morgan fingerprint density at radius 3 is 2.92 bits per heavy atom. The van der Waals surface area contributed by atoms with E-state index in [2.05, 4.69) is 30.4 Å². The second-order valence-corrected chi connectivity index (χ2v) is 3.59. The van der Waals surface area contributed by atoms with Crippen molar-refractivity contribution in [1.29, 1.82) is 0 Å². The monoisotopic (exact) mass is 174 g/mol. The molecule has 0 N–H and O–H groups in total. The maximum absolute atomic E-state index is 4.16. The third-order valence-electron chi connectivity index (χ3n) is 2.34. The molecule has 13 heavy (non-hydrogen) atoms. The molecule has 0 atom stereocenters. The first-order valence-electron chi connectivity index (χ1n) is 4.62. The lowest BCUT2D eigenvalue weighted by molar-refractivity contribution is 0.767. The molecule has 1 aliphatic rings. The first kappa shape index (κ1) is 8.30. The fourth-order valence-corrected chi connectivity index (χ4v) is 1.62. The van der Waals surface area contributed by atoms with Crippen LogP contribution in [0.15, 0.2) is 30.1 Å². The van der Waals surface area contributed by atoms with Crippen LogP contribution in [0.2, 0.25) is 0 Å². The third kappa shape index (κ3) is 1.72. The van der Waals surface area contributed by atoms with Crippen LogP contribution in [0.25, 0.3) is 5.57 Å². The van der Waals surface area contributed by atoms with Crippen molar-refractivity contribution in [3.8, 4) is 0 Å². The molecule has 1 aromatic rings. The van der Waals surface area contributed by atoms with Crippen molar-refractivity contribution in [3.63, 3.8) is 0 Å². The van der Waals surface area contributed by atoms with Crippen LogP contribution < -0.4 is 0 Å². The maximum atomic E-state index is 4.16. The average molecular weight is 174 g/mol. The fourth-order valence-electron chi connectivity index (χ4n) is 1.62. The van der Waals surface area contributed by atoms with E-state index in [1.807, 2.05) is 17.9 Å². The molecule has 0 aromatic carbocycles. The Balaban J connectivity index is 2.32. The van der Waals surface area contributed by atoms with Gasteiger partial charge in [-0.3, -0.25) is 4.68 Å². The highest BCUT2D eigenvalue weighted by Crippen LogP contribution is 2.24. The number of nitrogens with zero attached hydrogens (tertiary/aromatic N) is 2. The highest BCUT2D eigenvalue weighted by atomic mass is 15.2. The van der Waals surface area contributed by atoms with Crippen LogP contribution in [-0.4, -0.2) is 9.78 Å². The summed E-state index contributed by atoms with van der Waals surface area (Å²) in [4.78, 5) is 0. The van der Waals surface area contributed by atoms with E-state index in [9.17, 15) is 0 Å². The zero-order chi connectivity index (χ0) is 9.26. The smallest absolute Gasteiger partial charge is 0.0568 e. The second kappa shape index (κ2) is 3.21. The Kier molecular flexibility index (Phi) is 2.05. The number of hydrogen-bond acceptors (Lipinski definition) is 1. The molecular formula is C11H14N2. The highest BCUT2D eigenvalue weighted by molar-refractivity contribution is 5.74. The summed E-state index contributed by atoms with van der Waals surface area (Å²) in [5.41, 5.74) is 4.00. The average Bonchev–Trinajstić information content (AvgIpc) is 2.52. The van der Waals surface area contributed by atoms with Gasteiger partial charge in [-0.2, -0.15) is 5.10 Å². The minimum Gasteiger partial charge on any atom is -0.275 e. The van der Waals surface area contributed by atoms with Gasteiger partial charge in [0, 0.05) is 18.8 Å². The van der Waals surface area contributed by atoms with Crippen LogP contribution in [0, 0.1) is 0 Å². The van der Waals surface area contributed by atoms with Crippen LogP contribution in [0.5, 0.6) is 0 Å². The highest BCUT2D eigenvalue weighted by Gasteiger charge is 2.05. The molecule has 1 aliphatic carbocycles. The summed E-state index contributed by atoms with van der Waals surface area (Å²) in [5, 5.41) is 4.16. The van der Waals surface area contributed by atoms with Gasteiger partial charge in [-0.1, -0.05) is 17.7 Å². The van der Waals surface area contributed by atoms with E-state index in [0.29, 0.717) is 0 Å². The summed E-state index contributed by atoms with van der Waals surface area (Å²) in [5.74, 6) is 0. The van der Waals surface area contributed by atoms with Crippen LogP contribution >= 0.6 is 0 Å². The van der Waals surface area contributed by atoms with Gasteiger partial charge in [0.05, 0.1) is 6.20 Å². The molecule has 2 heteroatoms. The number of rotatable bonds is 1. The van der Waals surface area contributed by atoms with E-state index >= 15 is 0 Å². The summed E-state index contributed by atoms with van der Waals surface area (Å²) < 4.78 is 1.84. The standard InChI is InChI=1S/C11H14N2/c1-9-4-3-5-10(6-9)11-7-12-13(2)8-11/h5-8H,3-4H2,1-2H3. The minimum absolute atomic E-state index is 1.16. The topological polar surface area (TPSA) is 17.8 Å². The molecule has 0 aliphatic heterocycles. The van der Waals surface area contributed by atoms with Gasteiger partial charge in [-0.25, -0.2) is 0 Å². The predicted octanol–water partition coefficient (Wildman–Crippen LogP) is 2.54. The van der Waals surface area contributed by atoms with Gasteiger partial charge in [0.1, 0.15) is 0 Å². The van der Waals surface area contributed by atoms with Crippen molar-refractivity contribution < 1.29 is 0 Å². The minimum atomic E-state index is 1.16. The normalized spacial score (nSPS) is 16.8. The second-order valence-electron chi connectivity index (χ2n) is 3.59. The molecule has 0 spiro atoms. The molecule has 2 nitrogen and oxygen atoms in total. The van der Waals surface area contributed by atoms with E-state index in [1.165, 1.54) is 23.1 Å². The van der Waals surface area contributed by atoms with Gasteiger partial charge in [0.15, 0.2) is 0 Å². The third-order valence-corrected chi connectivity index (χ3v) is 2.34. The zero-order valence-electron chi connectivity index (χ0n) is 8.12. The maximum Gasteiger partial charge on any atom is 0.0568 e. The predicted molar refractivity (Wildman–Crippen MR) is 54.2 cm³/mol. The SMILES string of the molecule is CC1=CC(c2cnn(C)c2)=CCC1. The molecule has 0 radical (unpaired) electrons. The van der Waals surface area contributed by atoms with Crippen molar-refractivity contribution in [1.82, 2.24) is 9.78 Å². The Bertz CT molecular complexity index is 369. The van der Waals surface area contributed by atoms with Crippen molar-refractivity contribution in [3.05, 3.63) is 35.7 Å².